The van der Waals surface area contributed by atoms with E-state index in [0.29, 0.717) is 5.69 Å². The predicted molar refractivity (Wildman–Crippen MR) is 83.0 cm³/mol. The molecule has 2 heterocycles. The lowest BCUT2D eigenvalue weighted by atomic mass is 9.95. The molecule has 0 aliphatic heterocycles. The quantitative estimate of drug-likeness (QED) is 0.895. The fraction of sp³-hybridized carbons (Fsp3) is 0.467. The van der Waals surface area contributed by atoms with Gasteiger partial charge in [0.1, 0.15) is 5.69 Å². The lowest BCUT2D eigenvalue weighted by molar-refractivity contribution is 0.0923. The molecule has 7 nitrogen and oxygen atoms in total. The van der Waals surface area contributed by atoms with Crippen LogP contribution < -0.4 is 11.1 Å². The van der Waals surface area contributed by atoms with Crippen molar-refractivity contribution < 1.29 is 4.79 Å². The number of rotatable bonds is 3. The molecule has 0 bridgehead atoms. The van der Waals surface area contributed by atoms with Crippen LogP contribution in [0.5, 0.6) is 0 Å². The van der Waals surface area contributed by atoms with Gasteiger partial charge >= 0.3 is 0 Å². The van der Waals surface area contributed by atoms with E-state index < -0.39 is 0 Å². The van der Waals surface area contributed by atoms with E-state index in [1.54, 1.807) is 18.7 Å². The van der Waals surface area contributed by atoms with Crippen LogP contribution in [0.3, 0.4) is 0 Å². The molecule has 3 N–H and O–H groups in total. The first-order valence-electron chi connectivity index (χ1n) is 7.55. The predicted octanol–water partition coefficient (Wildman–Crippen LogP) is 1.52. The van der Waals surface area contributed by atoms with Crippen LogP contribution in [0.4, 0.5) is 5.82 Å². The molecule has 3 rings (SSSR count). The first-order valence-corrected chi connectivity index (χ1v) is 7.55. The van der Waals surface area contributed by atoms with Crippen LogP contribution >= 0.6 is 0 Å². The van der Waals surface area contributed by atoms with Gasteiger partial charge in [-0.15, -0.1) is 0 Å². The number of aromatic nitrogens is 4. The summed E-state index contributed by atoms with van der Waals surface area (Å²) >= 11 is 0. The van der Waals surface area contributed by atoms with Crippen molar-refractivity contribution in [3.8, 4) is 11.4 Å². The van der Waals surface area contributed by atoms with Gasteiger partial charge in [-0.3, -0.25) is 4.79 Å². The second kappa shape index (κ2) is 6.13. The largest absolute Gasteiger partial charge is 0.382 e. The molecule has 1 aliphatic rings. The SMILES string of the molecule is Cn1cncc1-c1cnc(N)c(C(=O)NC2CCCCC2)n1. The molecule has 0 unspecified atom stereocenters. The maximum atomic E-state index is 12.4. The van der Waals surface area contributed by atoms with E-state index in [1.165, 1.54) is 6.42 Å². The number of aryl methyl sites for hydroxylation is 1. The van der Waals surface area contributed by atoms with E-state index in [1.807, 2.05) is 11.6 Å². The van der Waals surface area contributed by atoms with Gasteiger partial charge in [0.25, 0.3) is 5.91 Å². The molecule has 1 aliphatic carbocycles. The Kier molecular flexibility index (Phi) is 4.04. The highest BCUT2D eigenvalue weighted by atomic mass is 16.2. The topological polar surface area (TPSA) is 98.7 Å². The summed E-state index contributed by atoms with van der Waals surface area (Å²) in [5.41, 5.74) is 7.39. The van der Waals surface area contributed by atoms with Gasteiger partial charge in [0, 0.05) is 13.1 Å². The van der Waals surface area contributed by atoms with Crippen LogP contribution in [0.25, 0.3) is 11.4 Å². The number of nitrogens with one attached hydrogen (secondary N) is 1. The normalized spacial score (nSPS) is 15.7. The number of amides is 1. The molecule has 1 saturated carbocycles. The van der Waals surface area contributed by atoms with E-state index in [4.69, 9.17) is 5.73 Å². The third-order valence-corrected chi connectivity index (χ3v) is 4.04. The Bertz CT molecular complexity index is 674. The van der Waals surface area contributed by atoms with Crippen molar-refractivity contribution in [1.29, 1.82) is 0 Å². The number of carbonyl (C=O) groups is 1. The minimum absolute atomic E-state index is 0.152. The fourth-order valence-corrected chi connectivity index (χ4v) is 2.79. The van der Waals surface area contributed by atoms with Crippen LogP contribution in [0, 0.1) is 0 Å². The van der Waals surface area contributed by atoms with Crippen LogP contribution in [-0.2, 0) is 7.05 Å². The summed E-state index contributed by atoms with van der Waals surface area (Å²) < 4.78 is 1.82. The molecule has 22 heavy (non-hydrogen) atoms. The van der Waals surface area contributed by atoms with Crippen LogP contribution in [-0.4, -0.2) is 31.5 Å². The highest BCUT2D eigenvalue weighted by Gasteiger charge is 2.20. The van der Waals surface area contributed by atoms with Crippen molar-refractivity contribution in [2.24, 2.45) is 7.05 Å². The summed E-state index contributed by atoms with van der Waals surface area (Å²) in [6, 6.07) is 0.211. The van der Waals surface area contributed by atoms with Crippen molar-refractivity contribution in [1.82, 2.24) is 24.8 Å². The van der Waals surface area contributed by atoms with Gasteiger partial charge in [0.2, 0.25) is 0 Å². The molecular weight excluding hydrogens is 280 g/mol. The maximum Gasteiger partial charge on any atom is 0.273 e. The van der Waals surface area contributed by atoms with E-state index in [9.17, 15) is 4.79 Å². The third-order valence-electron chi connectivity index (χ3n) is 4.04. The van der Waals surface area contributed by atoms with Crippen molar-refractivity contribution in [2.45, 2.75) is 38.1 Å². The zero-order valence-electron chi connectivity index (χ0n) is 12.6. The molecular formula is C15H20N6O. The molecule has 0 aromatic carbocycles. The van der Waals surface area contributed by atoms with Crippen molar-refractivity contribution in [2.75, 3.05) is 5.73 Å². The number of anilines is 1. The summed E-state index contributed by atoms with van der Waals surface area (Å²) in [6.45, 7) is 0. The number of nitrogens with two attached hydrogens (primary N) is 1. The van der Waals surface area contributed by atoms with Gasteiger partial charge in [-0.1, -0.05) is 19.3 Å². The van der Waals surface area contributed by atoms with E-state index >= 15 is 0 Å². The third kappa shape index (κ3) is 2.93. The Morgan fingerprint density at radius 3 is 2.77 bits per heavy atom. The van der Waals surface area contributed by atoms with Gasteiger partial charge in [-0.25, -0.2) is 15.0 Å². The zero-order chi connectivity index (χ0) is 15.5. The lowest BCUT2D eigenvalue weighted by Crippen LogP contribution is -2.37. The van der Waals surface area contributed by atoms with Gasteiger partial charge in [0.05, 0.1) is 24.4 Å². The zero-order valence-corrected chi connectivity index (χ0v) is 12.6. The van der Waals surface area contributed by atoms with Crippen LogP contribution in [0.1, 0.15) is 42.6 Å². The molecule has 116 valence electrons. The summed E-state index contributed by atoms with van der Waals surface area (Å²) in [4.78, 5) is 25.0. The Labute approximate surface area is 129 Å². The fourth-order valence-electron chi connectivity index (χ4n) is 2.79. The van der Waals surface area contributed by atoms with Gasteiger partial charge in [-0.2, -0.15) is 0 Å². The van der Waals surface area contributed by atoms with Crippen molar-refractivity contribution in [3.05, 3.63) is 24.4 Å². The summed E-state index contributed by atoms with van der Waals surface area (Å²) in [6.07, 6.45) is 10.5. The molecule has 7 heteroatoms. The molecule has 0 atom stereocenters. The van der Waals surface area contributed by atoms with Gasteiger partial charge < -0.3 is 15.6 Å². The Balaban J connectivity index is 1.83. The molecule has 1 fully saturated rings. The number of imidazole rings is 1. The summed E-state index contributed by atoms with van der Waals surface area (Å²) in [5.74, 6) is -0.0971. The summed E-state index contributed by atoms with van der Waals surface area (Å²) in [7, 11) is 1.86. The van der Waals surface area contributed by atoms with Gasteiger partial charge in [-0.05, 0) is 12.8 Å². The lowest BCUT2D eigenvalue weighted by Gasteiger charge is -2.22. The average molecular weight is 300 g/mol. The average Bonchev–Trinajstić information content (AvgIpc) is 2.95. The second-order valence-electron chi connectivity index (χ2n) is 5.69. The smallest absolute Gasteiger partial charge is 0.273 e. The molecule has 0 spiro atoms. The van der Waals surface area contributed by atoms with E-state index in [2.05, 4.69) is 20.3 Å². The first kappa shape index (κ1) is 14.5. The molecule has 2 aromatic heterocycles. The standard InChI is InChI=1S/C15H20N6O/c1-21-9-17-8-12(21)11-7-18-14(16)13(20-11)15(22)19-10-5-3-2-4-6-10/h7-10H,2-6H2,1H3,(H2,16,18)(H,19,22). The maximum absolute atomic E-state index is 12.4. The summed E-state index contributed by atoms with van der Waals surface area (Å²) in [5, 5.41) is 3.02. The van der Waals surface area contributed by atoms with Crippen molar-refractivity contribution in [3.63, 3.8) is 0 Å². The minimum Gasteiger partial charge on any atom is -0.382 e. The highest BCUT2D eigenvalue weighted by molar-refractivity contribution is 5.96. The monoisotopic (exact) mass is 300 g/mol. The molecule has 0 radical (unpaired) electrons. The van der Waals surface area contributed by atoms with E-state index in [0.717, 1.165) is 31.4 Å². The van der Waals surface area contributed by atoms with E-state index in [-0.39, 0.29) is 23.5 Å². The number of nitrogens with zero attached hydrogens (tertiary/aromatic N) is 4. The molecule has 0 saturated heterocycles. The van der Waals surface area contributed by atoms with Crippen LogP contribution in [0.2, 0.25) is 0 Å². The second-order valence-corrected chi connectivity index (χ2v) is 5.69. The van der Waals surface area contributed by atoms with Crippen molar-refractivity contribution >= 4 is 11.7 Å². The van der Waals surface area contributed by atoms with Crippen LogP contribution in [0.15, 0.2) is 18.7 Å². The number of hydrogen-bond donors (Lipinski definition) is 2. The first-order chi connectivity index (χ1) is 10.6. The molecule has 2 aromatic rings. The van der Waals surface area contributed by atoms with Gasteiger partial charge in [0.15, 0.2) is 11.5 Å². The number of nitrogen functional groups attached to an aromatic ring is 1. The Morgan fingerprint density at radius 2 is 2.09 bits per heavy atom. The molecule has 1 amide bonds. The number of carbonyl (C=O) groups excluding carboxylic acids is 1. The Hall–Kier alpha value is -2.44. The Morgan fingerprint density at radius 1 is 1.32 bits per heavy atom. The minimum atomic E-state index is -0.249. The highest BCUT2D eigenvalue weighted by Crippen LogP contribution is 2.20. The number of hydrogen-bond acceptors (Lipinski definition) is 5.